The van der Waals surface area contributed by atoms with Crippen LogP contribution >= 0.6 is 0 Å². The molecule has 0 radical (unpaired) electrons. The quantitative estimate of drug-likeness (QED) is 0.268. The van der Waals surface area contributed by atoms with Gasteiger partial charge in [-0.1, -0.05) is 37.5 Å². The lowest BCUT2D eigenvalue weighted by molar-refractivity contribution is -0.109. The van der Waals surface area contributed by atoms with E-state index in [4.69, 9.17) is 14.3 Å². The summed E-state index contributed by atoms with van der Waals surface area (Å²) in [4.78, 5) is 8.94. The monoisotopic (exact) mass is 399 g/mol. The predicted molar refractivity (Wildman–Crippen MR) is 117 cm³/mol. The molecule has 0 spiro atoms. The summed E-state index contributed by atoms with van der Waals surface area (Å²) in [6.45, 7) is 3.49. The molecule has 0 heterocycles. The number of rotatable bonds is 8. The SMILES string of the molecule is CNc1cccc(C)c1COc1cccc(OCC2CCCCC2)c1.NNC=O. The molecule has 0 aromatic heterocycles. The van der Waals surface area contributed by atoms with Crippen LogP contribution in [0.3, 0.4) is 0 Å². The Morgan fingerprint density at radius 2 is 1.72 bits per heavy atom. The molecular weight excluding hydrogens is 366 g/mol. The van der Waals surface area contributed by atoms with Crippen LogP contribution in [0.25, 0.3) is 0 Å². The third kappa shape index (κ3) is 7.66. The second-order valence-corrected chi connectivity index (χ2v) is 7.21. The molecule has 6 nitrogen and oxygen atoms in total. The molecule has 1 saturated carbocycles. The van der Waals surface area contributed by atoms with Crippen LogP contribution < -0.4 is 26.1 Å². The Hall–Kier alpha value is -2.73. The van der Waals surface area contributed by atoms with Gasteiger partial charge < -0.3 is 14.8 Å². The van der Waals surface area contributed by atoms with Crippen molar-refractivity contribution >= 4 is 12.1 Å². The van der Waals surface area contributed by atoms with E-state index in [1.54, 1.807) is 5.43 Å². The lowest BCUT2D eigenvalue weighted by Crippen LogP contribution is -2.18. The van der Waals surface area contributed by atoms with Crippen LogP contribution in [-0.4, -0.2) is 20.1 Å². The standard InChI is InChI=1S/C22H29NO2.CH4N2O/c1-17-8-6-13-22(23-2)21(17)16-25-20-12-7-11-19(14-20)24-15-18-9-4-3-5-10-18;2-3-1-4/h6-8,11-14,18,23H,3-5,9-10,15-16H2,1-2H3;1H,2H2,(H,3,4). The second-order valence-electron chi connectivity index (χ2n) is 7.21. The summed E-state index contributed by atoms with van der Waals surface area (Å²) >= 11 is 0. The number of hydrogen-bond acceptors (Lipinski definition) is 5. The summed E-state index contributed by atoms with van der Waals surface area (Å²) in [5, 5.41) is 3.24. The second kappa shape index (κ2) is 12.7. The summed E-state index contributed by atoms with van der Waals surface area (Å²) < 4.78 is 12.0. The Kier molecular flexibility index (Phi) is 9.86. The van der Waals surface area contributed by atoms with Crippen molar-refractivity contribution in [1.29, 1.82) is 0 Å². The number of benzene rings is 2. The van der Waals surface area contributed by atoms with E-state index < -0.39 is 0 Å². The molecule has 0 unspecified atom stereocenters. The van der Waals surface area contributed by atoms with Gasteiger partial charge in [-0.3, -0.25) is 10.2 Å². The van der Waals surface area contributed by atoms with Gasteiger partial charge in [-0.2, -0.15) is 0 Å². The zero-order valence-electron chi connectivity index (χ0n) is 17.4. The molecule has 4 N–H and O–H groups in total. The smallest absolute Gasteiger partial charge is 0.221 e. The molecule has 0 bridgehead atoms. The van der Waals surface area contributed by atoms with Gasteiger partial charge in [0.25, 0.3) is 0 Å². The molecule has 1 aliphatic rings. The Morgan fingerprint density at radius 3 is 2.38 bits per heavy atom. The first kappa shape index (κ1) is 22.6. The number of carbonyl (C=O) groups is 1. The van der Waals surface area contributed by atoms with Crippen molar-refractivity contribution < 1.29 is 14.3 Å². The first-order valence-electron chi connectivity index (χ1n) is 10.2. The number of nitrogens with two attached hydrogens (primary N) is 1. The number of amides is 1. The van der Waals surface area contributed by atoms with E-state index in [0.29, 0.717) is 18.9 Å². The zero-order valence-corrected chi connectivity index (χ0v) is 17.4. The molecule has 1 fully saturated rings. The molecule has 3 rings (SSSR count). The highest BCUT2D eigenvalue weighted by molar-refractivity contribution is 5.54. The van der Waals surface area contributed by atoms with Gasteiger partial charge in [-0.25, -0.2) is 5.84 Å². The number of hydrogen-bond donors (Lipinski definition) is 3. The average Bonchev–Trinajstić information content (AvgIpc) is 2.78. The van der Waals surface area contributed by atoms with Crippen molar-refractivity contribution in [2.75, 3.05) is 19.0 Å². The number of carbonyl (C=O) groups excluding carboxylic acids is 1. The number of nitrogens with one attached hydrogen (secondary N) is 2. The van der Waals surface area contributed by atoms with E-state index in [2.05, 4.69) is 36.3 Å². The van der Waals surface area contributed by atoms with Crippen LogP contribution in [0.1, 0.15) is 43.2 Å². The van der Waals surface area contributed by atoms with Crippen LogP contribution in [0, 0.1) is 12.8 Å². The van der Waals surface area contributed by atoms with Crippen molar-refractivity contribution in [1.82, 2.24) is 5.43 Å². The van der Waals surface area contributed by atoms with Gasteiger partial charge in [0.2, 0.25) is 6.41 Å². The van der Waals surface area contributed by atoms with Crippen molar-refractivity contribution in [2.45, 2.75) is 45.6 Å². The van der Waals surface area contributed by atoms with Gasteiger partial charge in [0.1, 0.15) is 18.1 Å². The molecule has 0 aliphatic heterocycles. The first-order chi connectivity index (χ1) is 14.2. The Bertz CT molecular complexity index is 746. The fourth-order valence-electron chi connectivity index (χ4n) is 3.51. The topological polar surface area (TPSA) is 85.6 Å². The number of ether oxygens (including phenoxy) is 2. The van der Waals surface area contributed by atoms with Gasteiger partial charge in [0, 0.05) is 24.4 Å². The van der Waals surface area contributed by atoms with Gasteiger partial charge in [-0.05, 0) is 49.4 Å². The third-order valence-electron chi connectivity index (χ3n) is 5.15. The number of anilines is 1. The van der Waals surface area contributed by atoms with Gasteiger partial charge in [-0.15, -0.1) is 0 Å². The molecule has 0 atom stereocenters. The van der Waals surface area contributed by atoms with Crippen LogP contribution in [0.5, 0.6) is 11.5 Å². The average molecular weight is 400 g/mol. The highest BCUT2D eigenvalue weighted by atomic mass is 16.5. The van der Waals surface area contributed by atoms with E-state index in [0.717, 1.165) is 23.8 Å². The number of aryl methyl sites for hydroxylation is 1. The van der Waals surface area contributed by atoms with Crippen molar-refractivity contribution in [2.24, 2.45) is 11.8 Å². The van der Waals surface area contributed by atoms with E-state index >= 15 is 0 Å². The molecule has 6 heteroatoms. The van der Waals surface area contributed by atoms with Crippen LogP contribution in [0.15, 0.2) is 42.5 Å². The van der Waals surface area contributed by atoms with Gasteiger partial charge in [0.05, 0.1) is 6.61 Å². The fourth-order valence-corrected chi connectivity index (χ4v) is 3.51. The lowest BCUT2D eigenvalue weighted by atomic mass is 9.90. The molecule has 158 valence electrons. The summed E-state index contributed by atoms with van der Waals surface area (Å²) in [5.74, 6) is 6.88. The molecule has 2 aromatic rings. The fraction of sp³-hybridized carbons (Fsp3) is 0.435. The third-order valence-corrected chi connectivity index (χ3v) is 5.15. The Labute approximate surface area is 173 Å². The zero-order chi connectivity index (χ0) is 20.9. The summed E-state index contributed by atoms with van der Waals surface area (Å²) in [6.07, 6.45) is 7.09. The Morgan fingerprint density at radius 1 is 1.07 bits per heavy atom. The van der Waals surface area contributed by atoms with E-state index in [1.807, 2.05) is 31.3 Å². The summed E-state index contributed by atoms with van der Waals surface area (Å²) in [6, 6.07) is 14.3. The van der Waals surface area contributed by atoms with Crippen LogP contribution in [0.4, 0.5) is 5.69 Å². The van der Waals surface area contributed by atoms with E-state index in [1.165, 1.54) is 43.2 Å². The molecule has 1 aliphatic carbocycles. The Balaban J connectivity index is 0.000000687. The van der Waals surface area contributed by atoms with Gasteiger partial charge >= 0.3 is 0 Å². The minimum absolute atomic E-state index is 0.403. The normalized spacial score (nSPS) is 13.6. The van der Waals surface area contributed by atoms with E-state index in [-0.39, 0.29) is 0 Å². The minimum atomic E-state index is 0.403. The predicted octanol–water partition coefficient (Wildman–Crippen LogP) is 4.18. The van der Waals surface area contributed by atoms with Crippen molar-refractivity contribution in [3.8, 4) is 11.5 Å². The van der Waals surface area contributed by atoms with Gasteiger partial charge in [0.15, 0.2) is 0 Å². The first-order valence-corrected chi connectivity index (χ1v) is 10.2. The lowest BCUT2D eigenvalue weighted by Gasteiger charge is -2.21. The number of hydrazine groups is 1. The highest BCUT2D eigenvalue weighted by Crippen LogP contribution is 2.27. The van der Waals surface area contributed by atoms with E-state index in [9.17, 15) is 0 Å². The maximum absolute atomic E-state index is 8.94. The summed E-state index contributed by atoms with van der Waals surface area (Å²) in [7, 11) is 1.94. The van der Waals surface area contributed by atoms with Crippen LogP contribution in [-0.2, 0) is 11.4 Å². The molecule has 2 aromatic carbocycles. The molecule has 0 saturated heterocycles. The molecule has 29 heavy (non-hydrogen) atoms. The largest absolute Gasteiger partial charge is 0.493 e. The summed E-state index contributed by atoms with van der Waals surface area (Å²) in [5.41, 5.74) is 5.29. The van der Waals surface area contributed by atoms with Crippen LogP contribution in [0.2, 0.25) is 0 Å². The highest BCUT2D eigenvalue weighted by Gasteiger charge is 2.14. The van der Waals surface area contributed by atoms with Crippen molar-refractivity contribution in [3.05, 3.63) is 53.6 Å². The maximum Gasteiger partial charge on any atom is 0.221 e. The maximum atomic E-state index is 8.94. The minimum Gasteiger partial charge on any atom is -0.493 e. The molecular formula is C23H33N3O3. The van der Waals surface area contributed by atoms with Crippen molar-refractivity contribution in [3.63, 3.8) is 0 Å². The molecule has 1 amide bonds.